The molecule has 0 bridgehead atoms. The van der Waals surface area contributed by atoms with Gasteiger partial charge in [-0.3, -0.25) is 0 Å². The second-order valence-electron chi connectivity index (χ2n) is 3.80. The minimum Gasteiger partial charge on any atom is -0.206 e. The fourth-order valence-electron chi connectivity index (χ4n) is 1.53. The van der Waals surface area contributed by atoms with Crippen LogP contribution in [0.3, 0.4) is 0 Å². The Balaban J connectivity index is 1.94. The van der Waals surface area contributed by atoms with Crippen LogP contribution in [0.25, 0.3) is 6.08 Å². The zero-order chi connectivity index (χ0) is 12.6. The summed E-state index contributed by atoms with van der Waals surface area (Å²) in [4.78, 5) is 0. The molecule has 0 aliphatic heterocycles. The van der Waals surface area contributed by atoms with Crippen molar-refractivity contribution in [1.29, 1.82) is 0 Å². The lowest BCUT2D eigenvalue weighted by Crippen LogP contribution is -1.80. The number of halogens is 1. The van der Waals surface area contributed by atoms with Crippen molar-refractivity contribution in [2.24, 2.45) is 0 Å². The Morgan fingerprint density at radius 3 is 2.44 bits per heavy atom. The first-order chi connectivity index (χ1) is 8.86. The van der Waals surface area contributed by atoms with Crippen molar-refractivity contribution in [2.45, 2.75) is 6.42 Å². The van der Waals surface area contributed by atoms with E-state index in [2.05, 4.69) is 11.8 Å². The normalized spacial score (nSPS) is 10.1. The van der Waals surface area contributed by atoms with Crippen molar-refractivity contribution in [3.8, 4) is 11.8 Å². The van der Waals surface area contributed by atoms with Crippen LogP contribution in [0.1, 0.15) is 17.5 Å². The summed E-state index contributed by atoms with van der Waals surface area (Å²) in [6.07, 6.45) is 4.60. The first-order valence-electron chi connectivity index (χ1n) is 5.81. The summed E-state index contributed by atoms with van der Waals surface area (Å²) < 4.78 is 13.2. The lowest BCUT2D eigenvalue weighted by atomic mass is 10.2. The molecule has 1 heteroatoms. The summed E-state index contributed by atoms with van der Waals surface area (Å²) in [5.74, 6) is 5.49. The zero-order valence-electron chi connectivity index (χ0n) is 9.94. The predicted molar refractivity (Wildman–Crippen MR) is 73.4 cm³/mol. The molecule has 0 unspecified atom stereocenters. The van der Waals surface area contributed by atoms with Gasteiger partial charge < -0.3 is 0 Å². The summed E-state index contributed by atoms with van der Waals surface area (Å²) >= 11 is 0. The fourth-order valence-corrected chi connectivity index (χ4v) is 1.53. The van der Waals surface area contributed by atoms with Gasteiger partial charge in [0.15, 0.2) is 0 Å². The van der Waals surface area contributed by atoms with Crippen molar-refractivity contribution in [3.63, 3.8) is 0 Å². The maximum absolute atomic E-state index is 13.2. The summed E-state index contributed by atoms with van der Waals surface area (Å²) in [6, 6.07) is 16.6. The van der Waals surface area contributed by atoms with E-state index in [1.54, 1.807) is 18.2 Å². The van der Waals surface area contributed by atoms with E-state index >= 15 is 0 Å². The lowest BCUT2D eigenvalue weighted by Gasteiger charge is -1.91. The van der Waals surface area contributed by atoms with Gasteiger partial charge >= 0.3 is 0 Å². The highest BCUT2D eigenvalue weighted by Crippen LogP contribution is 2.04. The molecular weight excluding hydrogens is 223 g/mol. The van der Waals surface area contributed by atoms with Gasteiger partial charge in [0.1, 0.15) is 5.82 Å². The second kappa shape index (κ2) is 6.42. The minimum atomic E-state index is -0.267. The maximum Gasteiger partial charge on any atom is 0.138 e. The Hall–Kier alpha value is -2.33. The molecule has 0 nitrogen and oxygen atoms in total. The Morgan fingerprint density at radius 1 is 0.944 bits per heavy atom. The maximum atomic E-state index is 13.2. The third kappa shape index (κ3) is 3.61. The average molecular weight is 236 g/mol. The quantitative estimate of drug-likeness (QED) is 0.683. The van der Waals surface area contributed by atoms with Crippen LogP contribution in [-0.2, 0) is 0 Å². The van der Waals surface area contributed by atoms with E-state index in [0.29, 0.717) is 12.0 Å². The molecule has 0 heterocycles. The highest BCUT2D eigenvalue weighted by molar-refractivity contribution is 5.49. The van der Waals surface area contributed by atoms with Crippen LogP contribution in [0.2, 0.25) is 0 Å². The third-order valence-corrected chi connectivity index (χ3v) is 2.43. The van der Waals surface area contributed by atoms with Crippen LogP contribution in [0.4, 0.5) is 4.39 Å². The summed E-state index contributed by atoms with van der Waals surface area (Å²) in [6.45, 7) is 0. The summed E-state index contributed by atoms with van der Waals surface area (Å²) in [5.41, 5.74) is 1.59. The lowest BCUT2D eigenvalue weighted by molar-refractivity contribution is 0.624. The second-order valence-corrected chi connectivity index (χ2v) is 3.80. The zero-order valence-corrected chi connectivity index (χ0v) is 9.94. The number of rotatable bonds is 2. The van der Waals surface area contributed by atoms with Crippen LogP contribution in [0.15, 0.2) is 60.7 Å². The van der Waals surface area contributed by atoms with Crippen LogP contribution in [0, 0.1) is 17.7 Å². The molecule has 2 aromatic carbocycles. The molecule has 18 heavy (non-hydrogen) atoms. The Kier molecular flexibility index (Phi) is 4.33. The Bertz CT molecular complexity index is 586. The van der Waals surface area contributed by atoms with E-state index in [1.165, 1.54) is 6.07 Å². The van der Waals surface area contributed by atoms with E-state index in [4.69, 9.17) is 0 Å². The van der Waals surface area contributed by atoms with Gasteiger partial charge in [0.05, 0.1) is 5.56 Å². The molecule has 2 rings (SSSR count). The first-order valence-corrected chi connectivity index (χ1v) is 5.81. The Labute approximate surface area is 107 Å². The van der Waals surface area contributed by atoms with Gasteiger partial charge in [-0.25, -0.2) is 4.39 Å². The number of allylic oxidation sites excluding steroid dienone is 1. The molecule has 0 aliphatic carbocycles. The van der Waals surface area contributed by atoms with Gasteiger partial charge in [0.2, 0.25) is 0 Å². The largest absolute Gasteiger partial charge is 0.206 e. The molecule has 0 aromatic heterocycles. The highest BCUT2D eigenvalue weighted by Gasteiger charge is 1.93. The van der Waals surface area contributed by atoms with Crippen molar-refractivity contribution >= 4 is 6.08 Å². The molecule has 0 atom stereocenters. The van der Waals surface area contributed by atoms with Gasteiger partial charge in [-0.05, 0) is 17.7 Å². The first kappa shape index (κ1) is 12.1. The van der Waals surface area contributed by atoms with Gasteiger partial charge in [-0.2, -0.15) is 0 Å². The summed E-state index contributed by atoms with van der Waals surface area (Å²) in [5, 5.41) is 0. The smallest absolute Gasteiger partial charge is 0.138 e. The molecule has 0 aliphatic rings. The van der Waals surface area contributed by atoms with E-state index in [0.717, 1.165) is 5.56 Å². The predicted octanol–water partition coefficient (Wildman–Crippen LogP) is 4.28. The average Bonchev–Trinajstić information content (AvgIpc) is 2.42. The summed E-state index contributed by atoms with van der Waals surface area (Å²) in [7, 11) is 0. The van der Waals surface area contributed by atoms with Crippen molar-refractivity contribution in [1.82, 2.24) is 0 Å². The van der Waals surface area contributed by atoms with Crippen LogP contribution in [-0.4, -0.2) is 0 Å². The topological polar surface area (TPSA) is 0 Å². The molecule has 0 radical (unpaired) electrons. The van der Waals surface area contributed by atoms with Gasteiger partial charge in [-0.1, -0.05) is 66.5 Å². The third-order valence-electron chi connectivity index (χ3n) is 2.43. The molecule has 2 aromatic rings. The standard InChI is InChI=1S/C17H13F/c18-17-14-8-7-13-16(17)12-6-2-5-11-15-9-3-1-4-10-15/h1,3-5,7-11,13-14H,2H2/b11-5+. The molecule has 0 fully saturated rings. The molecule has 0 N–H and O–H groups in total. The molecule has 88 valence electrons. The van der Waals surface area contributed by atoms with Gasteiger partial charge in [-0.15, -0.1) is 0 Å². The van der Waals surface area contributed by atoms with Gasteiger partial charge in [0, 0.05) is 6.42 Å². The van der Waals surface area contributed by atoms with Crippen LogP contribution >= 0.6 is 0 Å². The minimum absolute atomic E-state index is 0.267. The van der Waals surface area contributed by atoms with Crippen LogP contribution in [0.5, 0.6) is 0 Å². The number of hydrogen-bond donors (Lipinski definition) is 0. The Morgan fingerprint density at radius 2 is 1.67 bits per heavy atom. The monoisotopic (exact) mass is 236 g/mol. The molecule has 0 spiro atoms. The van der Waals surface area contributed by atoms with E-state index in [-0.39, 0.29) is 5.82 Å². The van der Waals surface area contributed by atoms with E-state index < -0.39 is 0 Å². The van der Waals surface area contributed by atoms with E-state index in [9.17, 15) is 4.39 Å². The molecule has 0 saturated carbocycles. The van der Waals surface area contributed by atoms with Crippen molar-refractivity contribution < 1.29 is 4.39 Å². The molecular formula is C17H13F. The number of hydrogen-bond acceptors (Lipinski definition) is 0. The van der Waals surface area contributed by atoms with E-state index in [1.807, 2.05) is 42.5 Å². The van der Waals surface area contributed by atoms with Crippen LogP contribution < -0.4 is 0 Å². The fraction of sp³-hybridized carbons (Fsp3) is 0.0588. The highest BCUT2D eigenvalue weighted by atomic mass is 19.1. The van der Waals surface area contributed by atoms with Crippen molar-refractivity contribution in [2.75, 3.05) is 0 Å². The molecule has 0 amide bonds. The number of benzene rings is 2. The van der Waals surface area contributed by atoms with Gasteiger partial charge in [0.25, 0.3) is 0 Å². The molecule has 0 saturated heterocycles. The van der Waals surface area contributed by atoms with Crippen molar-refractivity contribution in [3.05, 3.63) is 77.6 Å². The SMILES string of the molecule is Fc1ccccc1C#CC/C=C/c1ccccc1.